The van der Waals surface area contributed by atoms with E-state index in [1.54, 1.807) is 12.1 Å². The molecule has 1 aromatic carbocycles. The fourth-order valence-corrected chi connectivity index (χ4v) is 2.82. The molecule has 0 radical (unpaired) electrons. The van der Waals surface area contributed by atoms with Crippen LogP contribution in [0.2, 0.25) is 0 Å². The first-order chi connectivity index (χ1) is 11.2. The summed E-state index contributed by atoms with van der Waals surface area (Å²) in [7, 11) is 0. The Kier molecular flexibility index (Phi) is 4.40. The molecule has 0 atom stereocenters. The third kappa shape index (κ3) is 3.41. The summed E-state index contributed by atoms with van der Waals surface area (Å²) in [6.45, 7) is 4.72. The number of hydrogen-bond acceptors (Lipinski definition) is 5. The molecule has 6 heteroatoms. The van der Waals surface area contributed by atoms with E-state index in [1.165, 1.54) is 6.07 Å². The van der Waals surface area contributed by atoms with Crippen LogP contribution in [0.1, 0.15) is 6.42 Å². The van der Waals surface area contributed by atoms with Crippen LogP contribution in [0.4, 0.5) is 11.5 Å². The molecule has 1 aliphatic heterocycles. The number of pyridine rings is 1. The molecule has 6 nitrogen and oxygen atoms in total. The van der Waals surface area contributed by atoms with Gasteiger partial charge in [-0.05, 0) is 18.2 Å². The lowest BCUT2D eigenvalue weighted by atomic mass is 10.2. The predicted molar refractivity (Wildman–Crippen MR) is 90.5 cm³/mol. The van der Waals surface area contributed by atoms with Crippen molar-refractivity contribution in [3.63, 3.8) is 0 Å². The molecule has 0 spiro atoms. The van der Waals surface area contributed by atoms with Gasteiger partial charge in [0.25, 0.3) is 5.69 Å². The molecule has 0 unspecified atom stereocenters. The van der Waals surface area contributed by atoms with Crippen molar-refractivity contribution in [2.75, 3.05) is 37.6 Å². The normalized spacial score (nSPS) is 15.5. The van der Waals surface area contributed by atoms with Crippen molar-refractivity contribution >= 4 is 22.4 Å². The van der Waals surface area contributed by atoms with Gasteiger partial charge < -0.3 is 4.90 Å². The number of terminal acetylenes is 1. The first kappa shape index (κ1) is 15.3. The van der Waals surface area contributed by atoms with E-state index in [9.17, 15) is 10.1 Å². The first-order valence-electron chi connectivity index (χ1n) is 7.63. The SMILES string of the molecule is C#CCCN1CCN(c2ccc3cc([N+](=O)[O-])ccc3n2)CC1. The molecule has 0 bridgehead atoms. The maximum atomic E-state index is 10.8. The predicted octanol–water partition coefficient (Wildman–Crippen LogP) is 2.29. The number of non-ortho nitro benzene ring substituents is 1. The molecule has 0 amide bonds. The monoisotopic (exact) mass is 310 g/mol. The highest BCUT2D eigenvalue weighted by Gasteiger charge is 2.18. The highest BCUT2D eigenvalue weighted by Crippen LogP contribution is 2.23. The summed E-state index contributed by atoms with van der Waals surface area (Å²) in [5.41, 5.74) is 0.872. The van der Waals surface area contributed by atoms with Crippen molar-refractivity contribution in [3.05, 3.63) is 40.4 Å². The fraction of sp³-hybridized carbons (Fsp3) is 0.353. The Morgan fingerprint density at radius 3 is 2.70 bits per heavy atom. The number of piperazine rings is 1. The van der Waals surface area contributed by atoms with E-state index in [1.807, 2.05) is 12.1 Å². The van der Waals surface area contributed by atoms with Crippen LogP contribution in [0.3, 0.4) is 0 Å². The van der Waals surface area contributed by atoms with Gasteiger partial charge in [-0.3, -0.25) is 15.0 Å². The zero-order chi connectivity index (χ0) is 16.2. The minimum atomic E-state index is -0.386. The molecule has 2 heterocycles. The number of anilines is 1. The van der Waals surface area contributed by atoms with Gasteiger partial charge in [0.2, 0.25) is 0 Å². The number of fused-ring (bicyclic) bond motifs is 1. The van der Waals surface area contributed by atoms with Gasteiger partial charge in [0.1, 0.15) is 5.82 Å². The van der Waals surface area contributed by atoms with E-state index >= 15 is 0 Å². The lowest BCUT2D eigenvalue weighted by Crippen LogP contribution is -2.46. The van der Waals surface area contributed by atoms with Crippen LogP contribution in [0.25, 0.3) is 10.9 Å². The Bertz CT molecular complexity index is 761. The molecule has 0 saturated carbocycles. The molecule has 1 saturated heterocycles. The minimum Gasteiger partial charge on any atom is -0.354 e. The van der Waals surface area contributed by atoms with E-state index in [-0.39, 0.29) is 10.6 Å². The van der Waals surface area contributed by atoms with Crippen molar-refractivity contribution in [2.45, 2.75) is 6.42 Å². The van der Waals surface area contributed by atoms with Crippen molar-refractivity contribution in [1.29, 1.82) is 0 Å². The zero-order valence-electron chi connectivity index (χ0n) is 12.8. The Labute approximate surface area is 134 Å². The second-order valence-electron chi connectivity index (χ2n) is 5.59. The molecule has 2 aromatic rings. The van der Waals surface area contributed by atoms with Crippen LogP contribution in [0.5, 0.6) is 0 Å². The summed E-state index contributed by atoms with van der Waals surface area (Å²) in [5.74, 6) is 3.59. The lowest BCUT2D eigenvalue weighted by molar-refractivity contribution is -0.384. The van der Waals surface area contributed by atoms with E-state index in [0.29, 0.717) is 0 Å². The highest BCUT2D eigenvalue weighted by molar-refractivity contribution is 5.82. The van der Waals surface area contributed by atoms with Crippen LogP contribution in [-0.4, -0.2) is 47.5 Å². The average Bonchev–Trinajstić information content (AvgIpc) is 2.59. The van der Waals surface area contributed by atoms with Crippen LogP contribution in [0.15, 0.2) is 30.3 Å². The minimum absolute atomic E-state index is 0.0918. The van der Waals surface area contributed by atoms with Crippen LogP contribution < -0.4 is 4.90 Å². The fourth-order valence-electron chi connectivity index (χ4n) is 2.82. The van der Waals surface area contributed by atoms with Gasteiger partial charge in [-0.25, -0.2) is 4.98 Å². The Morgan fingerprint density at radius 1 is 1.22 bits per heavy atom. The summed E-state index contributed by atoms with van der Waals surface area (Å²) >= 11 is 0. The van der Waals surface area contributed by atoms with Crippen LogP contribution in [0, 0.1) is 22.5 Å². The van der Waals surface area contributed by atoms with Crippen LogP contribution >= 0.6 is 0 Å². The first-order valence-corrected chi connectivity index (χ1v) is 7.63. The second-order valence-corrected chi connectivity index (χ2v) is 5.59. The van der Waals surface area contributed by atoms with Crippen molar-refractivity contribution in [1.82, 2.24) is 9.88 Å². The van der Waals surface area contributed by atoms with Gasteiger partial charge in [0, 0.05) is 56.7 Å². The molecule has 3 rings (SSSR count). The summed E-state index contributed by atoms with van der Waals surface area (Å²) < 4.78 is 0. The van der Waals surface area contributed by atoms with Crippen LogP contribution in [-0.2, 0) is 0 Å². The molecule has 23 heavy (non-hydrogen) atoms. The molecule has 1 aliphatic rings. The largest absolute Gasteiger partial charge is 0.354 e. The van der Waals surface area contributed by atoms with Gasteiger partial charge in [0.05, 0.1) is 10.4 Å². The number of benzene rings is 1. The number of rotatable bonds is 4. The standard InChI is InChI=1S/C17H18N4O2/c1-2-3-8-19-9-11-20(12-10-19)17-7-4-14-13-15(21(22)23)5-6-16(14)18-17/h1,4-7,13H,3,8-12H2. The molecular weight excluding hydrogens is 292 g/mol. The van der Waals surface area contributed by atoms with Gasteiger partial charge in [-0.1, -0.05) is 0 Å². The third-order valence-corrected chi connectivity index (χ3v) is 4.14. The number of nitro benzene ring substituents is 1. The van der Waals surface area contributed by atoms with E-state index in [0.717, 1.165) is 55.9 Å². The van der Waals surface area contributed by atoms with Gasteiger partial charge >= 0.3 is 0 Å². The quantitative estimate of drug-likeness (QED) is 0.492. The third-order valence-electron chi connectivity index (χ3n) is 4.14. The molecule has 1 fully saturated rings. The highest BCUT2D eigenvalue weighted by atomic mass is 16.6. The van der Waals surface area contributed by atoms with E-state index < -0.39 is 0 Å². The van der Waals surface area contributed by atoms with Crippen molar-refractivity contribution in [3.8, 4) is 12.3 Å². The maximum absolute atomic E-state index is 10.8. The Hall–Kier alpha value is -2.65. The number of nitro groups is 1. The zero-order valence-corrected chi connectivity index (χ0v) is 12.8. The summed E-state index contributed by atoms with van der Waals surface area (Å²) in [6.07, 6.45) is 6.09. The van der Waals surface area contributed by atoms with E-state index in [2.05, 4.69) is 20.7 Å². The molecule has 118 valence electrons. The number of aromatic nitrogens is 1. The second kappa shape index (κ2) is 6.63. The Balaban J connectivity index is 1.73. The van der Waals surface area contributed by atoms with Gasteiger partial charge in [0.15, 0.2) is 0 Å². The molecular formula is C17H18N4O2. The van der Waals surface area contributed by atoms with Crippen molar-refractivity contribution < 1.29 is 4.92 Å². The van der Waals surface area contributed by atoms with Gasteiger partial charge in [-0.15, -0.1) is 12.3 Å². The summed E-state index contributed by atoms with van der Waals surface area (Å²) in [4.78, 5) is 19.7. The van der Waals surface area contributed by atoms with E-state index in [4.69, 9.17) is 6.42 Å². The van der Waals surface area contributed by atoms with Crippen molar-refractivity contribution in [2.24, 2.45) is 0 Å². The molecule has 1 aromatic heterocycles. The number of nitrogens with zero attached hydrogens (tertiary/aromatic N) is 4. The average molecular weight is 310 g/mol. The summed E-state index contributed by atoms with van der Waals surface area (Å²) in [6, 6.07) is 8.60. The molecule has 0 aliphatic carbocycles. The molecule has 0 N–H and O–H groups in total. The number of hydrogen-bond donors (Lipinski definition) is 0. The smallest absolute Gasteiger partial charge is 0.270 e. The summed E-state index contributed by atoms with van der Waals surface area (Å²) in [5, 5.41) is 11.6. The lowest BCUT2D eigenvalue weighted by Gasteiger charge is -2.35. The van der Waals surface area contributed by atoms with Gasteiger partial charge in [-0.2, -0.15) is 0 Å². The maximum Gasteiger partial charge on any atom is 0.270 e. The topological polar surface area (TPSA) is 62.5 Å². The Morgan fingerprint density at radius 2 is 2.00 bits per heavy atom.